The first-order valence-electron chi connectivity index (χ1n) is 5.25. The summed E-state index contributed by atoms with van der Waals surface area (Å²) < 4.78 is 13.2. The molecule has 0 radical (unpaired) electrons. The van der Waals surface area contributed by atoms with Crippen molar-refractivity contribution in [2.75, 3.05) is 5.88 Å². The van der Waals surface area contributed by atoms with Crippen LogP contribution in [-0.4, -0.2) is 11.4 Å². The van der Waals surface area contributed by atoms with Gasteiger partial charge in [-0.05, 0) is 31.0 Å². The maximum absolute atomic E-state index is 13.2. The van der Waals surface area contributed by atoms with Crippen molar-refractivity contribution in [3.8, 4) is 0 Å². The van der Waals surface area contributed by atoms with Crippen LogP contribution in [0.1, 0.15) is 25.8 Å². The minimum atomic E-state index is -0.384. The van der Waals surface area contributed by atoms with Crippen molar-refractivity contribution in [2.45, 2.75) is 32.4 Å². The molecule has 16 heavy (non-hydrogen) atoms. The first-order chi connectivity index (χ1) is 7.50. The summed E-state index contributed by atoms with van der Waals surface area (Å²) in [5, 5.41) is 3.47. The van der Waals surface area contributed by atoms with Gasteiger partial charge in [-0.1, -0.05) is 24.6 Å². The van der Waals surface area contributed by atoms with Gasteiger partial charge in [-0.15, -0.1) is 11.6 Å². The van der Waals surface area contributed by atoms with Crippen molar-refractivity contribution in [2.24, 2.45) is 0 Å². The molecule has 0 bridgehead atoms. The molecule has 1 unspecified atom stereocenters. The van der Waals surface area contributed by atoms with Crippen LogP contribution in [0.4, 0.5) is 4.39 Å². The Labute approximate surface area is 106 Å². The normalized spacial score (nSPS) is 14.8. The number of nitrogens with one attached hydrogen (secondary N) is 1. The number of hydrogen-bond acceptors (Lipinski definition) is 1. The lowest BCUT2D eigenvalue weighted by atomic mass is 10.0. The van der Waals surface area contributed by atoms with E-state index in [2.05, 4.69) is 12.2 Å². The molecule has 0 aliphatic heterocycles. The van der Waals surface area contributed by atoms with Gasteiger partial charge in [-0.2, -0.15) is 0 Å². The Morgan fingerprint density at radius 3 is 2.62 bits per heavy atom. The third kappa shape index (κ3) is 3.62. The number of hydrogen-bond donors (Lipinski definition) is 1. The predicted molar refractivity (Wildman–Crippen MR) is 67.7 cm³/mol. The first kappa shape index (κ1) is 13.8. The molecule has 0 saturated heterocycles. The Kier molecular flexibility index (Phi) is 5.03. The molecule has 1 aromatic rings. The molecule has 0 amide bonds. The van der Waals surface area contributed by atoms with E-state index >= 15 is 0 Å². The molecule has 90 valence electrons. The van der Waals surface area contributed by atoms with E-state index in [9.17, 15) is 4.39 Å². The van der Waals surface area contributed by atoms with Crippen molar-refractivity contribution >= 4 is 23.2 Å². The minimum absolute atomic E-state index is 0.113. The molecule has 0 fully saturated rings. The van der Waals surface area contributed by atoms with Crippen LogP contribution < -0.4 is 5.32 Å². The molecular weight excluding hydrogens is 248 g/mol. The largest absolute Gasteiger partial charge is 0.306 e. The maximum Gasteiger partial charge on any atom is 0.142 e. The Balaban J connectivity index is 2.64. The van der Waals surface area contributed by atoms with Gasteiger partial charge in [0, 0.05) is 18.0 Å². The maximum atomic E-state index is 13.2. The summed E-state index contributed by atoms with van der Waals surface area (Å²) in [4.78, 5) is 0. The number of rotatable bonds is 5. The third-order valence-corrected chi connectivity index (χ3v) is 3.67. The van der Waals surface area contributed by atoms with E-state index in [4.69, 9.17) is 23.2 Å². The number of halogens is 3. The van der Waals surface area contributed by atoms with Crippen LogP contribution in [0.5, 0.6) is 0 Å². The van der Waals surface area contributed by atoms with Gasteiger partial charge >= 0.3 is 0 Å². The zero-order valence-electron chi connectivity index (χ0n) is 9.49. The molecule has 1 N–H and O–H groups in total. The summed E-state index contributed by atoms with van der Waals surface area (Å²) in [7, 11) is 0. The molecule has 0 saturated carbocycles. The van der Waals surface area contributed by atoms with E-state index < -0.39 is 0 Å². The quantitative estimate of drug-likeness (QED) is 0.793. The SMILES string of the molecule is CCC(C)(CCl)NCc1ccc(Cl)c(F)c1. The van der Waals surface area contributed by atoms with Gasteiger partial charge in [0.1, 0.15) is 5.82 Å². The minimum Gasteiger partial charge on any atom is -0.306 e. The third-order valence-electron chi connectivity index (χ3n) is 2.78. The molecule has 0 spiro atoms. The van der Waals surface area contributed by atoms with Gasteiger partial charge in [0.2, 0.25) is 0 Å². The van der Waals surface area contributed by atoms with Gasteiger partial charge in [-0.3, -0.25) is 0 Å². The van der Waals surface area contributed by atoms with Crippen LogP contribution in [-0.2, 0) is 6.54 Å². The molecule has 0 heterocycles. The Hall–Kier alpha value is -0.310. The first-order valence-corrected chi connectivity index (χ1v) is 6.17. The van der Waals surface area contributed by atoms with E-state index in [1.807, 2.05) is 13.0 Å². The Morgan fingerprint density at radius 2 is 2.12 bits per heavy atom. The van der Waals surface area contributed by atoms with E-state index in [0.29, 0.717) is 12.4 Å². The lowest BCUT2D eigenvalue weighted by Crippen LogP contribution is -2.42. The molecule has 0 aromatic heterocycles. The van der Waals surface area contributed by atoms with Gasteiger partial charge in [-0.25, -0.2) is 4.39 Å². The molecule has 0 aliphatic carbocycles. The lowest BCUT2D eigenvalue weighted by molar-refractivity contribution is 0.379. The van der Waals surface area contributed by atoms with Gasteiger partial charge in [0.15, 0.2) is 0 Å². The topological polar surface area (TPSA) is 12.0 Å². The average Bonchev–Trinajstić information content (AvgIpc) is 2.30. The molecule has 1 aromatic carbocycles. The van der Waals surface area contributed by atoms with Crippen LogP contribution in [0.3, 0.4) is 0 Å². The molecule has 1 nitrogen and oxygen atoms in total. The predicted octanol–water partition coefficient (Wildman–Crippen LogP) is 3.98. The van der Waals surface area contributed by atoms with Crippen molar-refractivity contribution in [3.63, 3.8) is 0 Å². The van der Waals surface area contributed by atoms with Crippen LogP contribution in [0.25, 0.3) is 0 Å². The monoisotopic (exact) mass is 263 g/mol. The van der Waals surface area contributed by atoms with Gasteiger partial charge in [0.05, 0.1) is 5.02 Å². The number of alkyl halides is 1. The second kappa shape index (κ2) is 5.85. The molecule has 1 rings (SSSR count). The highest BCUT2D eigenvalue weighted by Gasteiger charge is 2.19. The zero-order chi connectivity index (χ0) is 12.2. The van der Waals surface area contributed by atoms with Crippen molar-refractivity contribution < 1.29 is 4.39 Å². The highest BCUT2D eigenvalue weighted by Crippen LogP contribution is 2.17. The van der Waals surface area contributed by atoms with E-state index in [1.165, 1.54) is 6.07 Å². The van der Waals surface area contributed by atoms with E-state index in [-0.39, 0.29) is 16.4 Å². The highest BCUT2D eigenvalue weighted by molar-refractivity contribution is 6.30. The summed E-state index contributed by atoms with van der Waals surface area (Å²) in [5.74, 6) is 0.143. The molecular formula is C12H16Cl2FN. The number of benzene rings is 1. The van der Waals surface area contributed by atoms with Crippen LogP contribution in [0, 0.1) is 5.82 Å². The standard InChI is InChI=1S/C12H16Cl2FN/c1-3-12(2,8-13)16-7-9-4-5-10(14)11(15)6-9/h4-6,16H,3,7-8H2,1-2H3. The van der Waals surface area contributed by atoms with E-state index in [0.717, 1.165) is 12.0 Å². The Morgan fingerprint density at radius 1 is 1.44 bits per heavy atom. The second-order valence-corrected chi connectivity index (χ2v) is 4.82. The zero-order valence-corrected chi connectivity index (χ0v) is 11.0. The average molecular weight is 264 g/mol. The van der Waals surface area contributed by atoms with Gasteiger partial charge < -0.3 is 5.32 Å². The van der Waals surface area contributed by atoms with Gasteiger partial charge in [0.25, 0.3) is 0 Å². The molecule has 1 atom stereocenters. The van der Waals surface area contributed by atoms with Crippen LogP contribution in [0.2, 0.25) is 5.02 Å². The molecule has 4 heteroatoms. The summed E-state index contributed by atoms with van der Waals surface area (Å²) in [6.45, 7) is 4.70. The van der Waals surface area contributed by atoms with Crippen molar-refractivity contribution in [1.82, 2.24) is 5.32 Å². The van der Waals surface area contributed by atoms with Crippen molar-refractivity contribution in [1.29, 1.82) is 0 Å². The summed E-state index contributed by atoms with van der Waals surface area (Å²) in [5.41, 5.74) is 0.754. The highest BCUT2D eigenvalue weighted by atomic mass is 35.5. The van der Waals surface area contributed by atoms with Crippen molar-refractivity contribution in [3.05, 3.63) is 34.6 Å². The van der Waals surface area contributed by atoms with Crippen LogP contribution in [0.15, 0.2) is 18.2 Å². The fourth-order valence-electron chi connectivity index (χ4n) is 1.23. The van der Waals surface area contributed by atoms with E-state index in [1.54, 1.807) is 6.07 Å². The summed E-state index contributed by atoms with van der Waals surface area (Å²) >= 11 is 11.5. The fraction of sp³-hybridized carbons (Fsp3) is 0.500. The molecule has 0 aliphatic rings. The summed E-state index contributed by atoms with van der Waals surface area (Å²) in [6, 6.07) is 4.82. The smallest absolute Gasteiger partial charge is 0.142 e. The second-order valence-electron chi connectivity index (χ2n) is 4.15. The lowest BCUT2D eigenvalue weighted by Gasteiger charge is -2.27. The Bertz CT molecular complexity index is 351. The summed E-state index contributed by atoms with van der Waals surface area (Å²) in [6.07, 6.45) is 0.923. The fourth-order valence-corrected chi connectivity index (χ4v) is 1.63. The van der Waals surface area contributed by atoms with Crippen LogP contribution >= 0.6 is 23.2 Å².